The third-order valence-corrected chi connectivity index (χ3v) is 9.09. The first-order chi connectivity index (χ1) is 20.3. The summed E-state index contributed by atoms with van der Waals surface area (Å²) in [7, 11) is -4.18. The van der Waals surface area contributed by atoms with Gasteiger partial charge in [0.2, 0.25) is 5.91 Å². The zero-order valence-electron chi connectivity index (χ0n) is 27.9. The maximum atomic E-state index is 12.8. The van der Waals surface area contributed by atoms with Crippen molar-refractivity contribution in [2.75, 3.05) is 18.8 Å². The summed E-state index contributed by atoms with van der Waals surface area (Å²) in [6, 6.07) is 0. The summed E-state index contributed by atoms with van der Waals surface area (Å²) in [5.41, 5.74) is 0. The molecule has 250 valence electrons. The van der Waals surface area contributed by atoms with E-state index in [4.69, 9.17) is 4.55 Å². The van der Waals surface area contributed by atoms with Crippen molar-refractivity contribution < 1.29 is 22.6 Å². The Kier molecular flexibility index (Phi) is 29.4. The highest BCUT2D eigenvalue weighted by Gasteiger charge is 2.19. The van der Waals surface area contributed by atoms with Crippen molar-refractivity contribution in [2.45, 2.75) is 194 Å². The van der Waals surface area contributed by atoms with E-state index in [-0.39, 0.29) is 24.8 Å². The lowest BCUT2D eigenvalue weighted by atomic mass is 10.0. The first-order valence-electron chi connectivity index (χ1n) is 18.0. The molecule has 0 fully saturated rings. The average Bonchev–Trinajstić information content (AvgIpc) is 2.95. The SMILES string of the molecule is CCCCCCCCCCCCCCCC(=O)CN(CCS(=O)(=O)O)C(=O)CCCCCCCCCCCCCCC. The van der Waals surface area contributed by atoms with Crippen molar-refractivity contribution in [3.05, 3.63) is 0 Å². The number of hydrogen-bond acceptors (Lipinski definition) is 4. The maximum absolute atomic E-state index is 12.8. The van der Waals surface area contributed by atoms with Crippen LogP contribution in [0.1, 0.15) is 194 Å². The van der Waals surface area contributed by atoms with Gasteiger partial charge >= 0.3 is 0 Å². The standard InChI is InChI=1S/C35H69NO5S/c1-3-5-7-9-11-13-15-17-19-21-23-25-27-29-34(37)33-36(31-32-42(39,40)41)35(38)30-28-26-24-22-20-18-16-14-12-10-8-6-4-2/h3-33H2,1-2H3,(H,39,40,41). The van der Waals surface area contributed by atoms with Gasteiger partial charge in [0.1, 0.15) is 0 Å². The van der Waals surface area contributed by atoms with Gasteiger partial charge in [0.25, 0.3) is 10.1 Å². The first kappa shape index (κ1) is 41.0. The molecule has 0 aromatic heterocycles. The normalized spacial score (nSPS) is 11.7. The average molecular weight is 616 g/mol. The Hall–Kier alpha value is -0.950. The van der Waals surface area contributed by atoms with Crippen LogP contribution in [-0.2, 0) is 19.7 Å². The highest BCUT2D eigenvalue weighted by molar-refractivity contribution is 7.85. The molecular weight excluding hydrogens is 546 g/mol. The third kappa shape index (κ3) is 30.5. The Morgan fingerprint density at radius 1 is 0.500 bits per heavy atom. The van der Waals surface area contributed by atoms with Gasteiger partial charge in [-0.3, -0.25) is 14.1 Å². The number of carbonyl (C=O) groups excluding carboxylic acids is 2. The third-order valence-electron chi connectivity index (χ3n) is 8.39. The van der Waals surface area contributed by atoms with Gasteiger partial charge < -0.3 is 4.90 Å². The smallest absolute Gasteiger partial charge is 0.266 e. The molecule has 0 aliphatic rings. The van der Waals surface area contributed by atoms with Gasteiger partial charge in [-0.05, 0) is 12.8 Å². The quantitative estimate of drug-likeness (QED) is 0.0586. The molecule has 6 nitrogen and oxygen atoms in total. The van der Waals surface area contributed by atoms with Crippen LogP contribution in [0.3, 0.4) is 0 Å². The molecule has 1 amide bonds. The molecule has 0 rings (SSSR count). The van der Waals surface area contributed by atoms with Crippen molar-refractivity contribution in [1.29, 1.82) is 0 Å². The van der Waals surface area contributed by atoms with E-state index in [1.807, 2.05) is 0 Å². The first-order valence-corrected chi connectivity index (χ1v) is 19.7. The van der Waals surface area contributed by atoms with Crippen molar-refractivity contribution in [1.82, 2.24) is 4.90 Å². The van der Waals surface area contributed by atoms with Gasteiger partial charge in [-0.15, -0.1) is 0 Å². The number of ketones is 1. The van der Waals surface area contributed by atoms with Gasteiger partial charge in [0, 0.05) is 19.4 Å². The zero-order chi connectivity index (χ0) is 31.2. The van der Waals surface area contributed by atoms with Crippen LogP contribution in [0.2, 0.25) is 0 Å². The molecule has 1 N–H and O–H groups in total. The monoisotopic (exact) mass is 615 g/mol. The molecule has 0 spiro atoms. The number of Topliss-reactive ketones (excluding diaryl/α,β-unsaturated/α-hetero) is 1. The second kappa shape index (κ2) is 30.1. The van der Waals surface area contributed by atoms with Crippen molar-refractivity contribution in [2.24, 2.45) is 0 Å². The van der Waals surface area contributed by atoms with E-state index in [0.717, 1.165) is 38.5 Å². The topological polar surface area (TPSA) is 91.8 Å². The molecule has 7 heteroatoms. The van der Waals surface area contributed by atoms with Gasteiger partial charge in [0.15, 0.2) is 5.78 Å². The molecule has 0 aromatic rings. The van der Waals surface area contributed by atoms with Gasteiger partial charge in [0.05, 0.1) is 12.3 Å². The summed E-state index contributed by atoms with van der Waals surface area (Å²) >= 11 is 0. The summed E-state index contributed by atoms with van der Waals surface area (Å²) in [6.07, 6.45) is 32.9. The largest absolute Gasteiger partial charge is 0.334 e. The van der Waals surface area contributed by atoms with Crippen LogP contribution in [0.15, 0.2) is 0 Å². The summed E-state index contributed by atoms with van der Waals surface area (Å²) in [6.45, 7) is 4.32. The highest BCUT2D eigenvalue weighted by Crippen LogP contribution is 2.15. The Morgan fingerprint density at radius 2 is 0.810 bits per heavy atom. The Morgan fingerprint density at radius 3 is 1.14 bits per heavy atom. The number of rotatable bonds is 33. The molecular formula is C35H69NO5S. The molecule has 0 saturated carbocycles. The van der Waals surface area contributed by atoms with Crippen LogP contribution < -0.4 is 0 Å². The lowest BCUT2D eigenvalue weighted by molar-refractivity contribution is -0.135. The van der Waals surface area contributed by atoms with E-state index in [1.54, 1.807) is 0 Å². The Bertz CT molecular complexity index is 725. The number of carbonyl (C=O) groups is 2. The van der Waals surface area contributed by atoms with Crippen molar-refractivity contribution in [3.63, 3.8) is 0 Å². The molecule has 0 saturated heterocycles. The van der Waals surface area contributed by atoms with E-state index in [9.17, 15) is 18.0 Å². The summed E-state index contributed by atoms with van der Waals surface area (Å²) < 4.78 is 31.7. The fourth-order valence-electron chi connectivity index (χ4n) is 5.60. The van der Waals surface area contributed by atoms with E-state index in [2.05, 4.69) is 13.8 Å². The second-order valence-corrected chi connectivity index (χ2v) is 14.2. The fraction of sp³-hybridized carbons (Fsp3) is 0.943. The number of nitrogens with zero attached hydrogens (tertiary/aromatic N) is 1. The van der Waals surface area contributed by atoms with Crippen LogP contribution in [-0.4, -0.2) is 48.4 Å². The van der Waals surface area contributed by atoms with E-state index in [1.165, 1.54) is 133 Å². The lowest BCUT2D eigenvalue weighted by Gasteiger charge is -2.21. The predicted octanol–water partition coefficient (Wildman–Crippen LogP) is 10.2. The molecule has 0 aliphatic heterocycles. The molecule has 0 atom stereocenters. The molecule has 0 aromatic carbocycles. The van der Waals surface area contributed by atoms with Crippen molar-refractivity contribution in [3.8, 4) is 0 Å². The zero-order valence-corrected chi connectivity index (χ0v) is 28.7. The molecule has 0 unspecified atom stereocenters. The van der Waals surface area contributed by atoms with Gasteiger partial charge in [-0.2, -0.15) is 8.42 Å². The van der Waals surface area contributed by atoms with Crippen LogP contribution in [0.4, 0.5) is 0 Å². The van der Waals surface area contributed by atoms with Gasteiger partial charge in [-0.1, -0.05) is 168 Å². The Balaban J connectivity index is 3.99. The van der Waals surface area contributed by atoms with Crippen LogP contribution in [0.5, 0.6) is 0 Å². The molecule has 0 bridgehead atoms. The lowest BCUT2D eigenvalue weighted by Crippen LogP contribution is -2.38. The fourth-order valence-corrected chi connectivity index (χ4v) is 6.05. The molecule has 0 heterocycles. The predicted molar refractivity (Wildman–Crippen MR) is 179 cm³/mol. The summed E-state index contributed by atoms with van der Waals surface area (Å²) in [5, 5.41) is 0. The summed E-state index contributed by atoms with van der Waals surface area (Å²) in [5.74, 6) is -0.726. The minimum atomic E-state index is -4.18. The highest BCUT2D eigenvalue weighted by atomic mass is 32.2. The van der Waals surface area contributed by atoms with Crippen LogP contribution in [0.25, 0.3) is 0 Å². The van der Waals surface area contributed by atoms with Gasteiger partial charge in [-0.25, -0.2) is 0 Å². The van der Waals surface area contributed by atoms with E-state index >= 15 is 0 Å². The maximum Gasteiger partial charge on any atom is 0.266 e. The minimum absolute atomic E-state index is 0.0212. The Labute approximate surface area is 261 Å². The van der Waals surface area contributed by atoms with E-state index in [0.29, 0.717) is 12.8 Å². The minimum Gasteiger partial charge on any atom is -0.334 e. The summed E-state index contributed by atoms with van der Waals surface area (Å²) in [4.78, 5) is 26.7. The number of hydrogen-bond donors (Lipinski definition) is 1. The second-order valence-electron chi connectivity index (χ2n) is 12.6. The van der Waals surface area contributed by atoms with Crippen LogP contribution >= 0.6 is 0 Å². The van der Waals surface area contributed by atoms with E-state index < -0.39 is 15.9 Å². The number of unbranched alkanes of at least 4 members (excludes halogenated alkanes) is 24. The van der Waals surface area contributed by atoms with Crippen LogP contribution in [0, 0.1) is 0 Å². The number of amides is 1. The molecule has 42 heavy (non-hydrogen) atoms. The molecule has 0 radical (unpaired) electrons. The van der Waals surface area contributed by atoms with Crippen molar-refractivity contribution >= 4 is 21.8 Å². The molecule has 0 aliphatic carbocycles.